The predicted octanol–water partition coefficient (Wildman–Crippen LogP) is 4.08. The highest BCUT2D eigenvalue weighted by atomic mass is 16.5. The standard InChI is InChI=1S/C52H61N7O8/c1-32(67-52(2,3)4)45-50(64)57-43(29-34-17-10-7-11-18-34)51(65)59-26-14-21-44(59)49(63)56-40(27-33-15-8-6-9-16-33)46(60)55-42(30-36-31-53-39-20-13-12-19-38(36)39)47(61)54-41(48(62)58-45)28-35-22-24-37(66-5)25-23-35/h6-13,15-20,22-25,31-32,40-45,53H,14,21,26-30H2,1-5H3,(H,54,61)(H,55,60)(H,56,63)(H,57,64)(H,58,62)/t32-,40+,41+,42-,43+,44+,45+/m1/s1. The number of aromatic amines is 1. The van der Waals surface area contributed by atoms with Crippen molar-refractivity contribution in [2.75, 3.05) is 13.7 Å². The number of hydrogen-bond donors (Lipinski definition) is 6. The number of rotatable bonds is 11. The second kappa shape index (κ2) is 21.5. The largest absolute Gasteiger partial charge is 0.497 e. The van der Waals surface area contributed by atoms with Gasteiger partial charge in [0.15, 0.2) is 0 Å². The normalized spacial score (nSPS) is 22.9. The molecular weight excluding hydrogens is 851 g/mol. The van der Waals surface area contributed by atoms with Crippen molar-refractivity contribution in [3.63, 3.8) is 0 Å². The van der Waals surface area contributed by atoms with Crippen molar-refractivity contribution >= 4 is 46.3 Å². The molecule has 0 saturated carbocycles. The average Bonchev–Trinajstić information content (AvgIpc) is 3.97. The molecule has 1 aromatic heterocycles. The van der Waals surface area contributed by atoms with Crippen LogP contribution >= 0.6 is 0 Å². The van der Waals surface area contributed by atoms with Gasteiger partial charge in [0.25, 0.3) is 0 Å². The zero-order chi connectivity index (χ0) is 47.7. The molecule has 0 spiro atoms. The van der Waals surface area contributed by atoms with Crippen molar-refractivity contribution in [1.82, 2.24) is 36.5 Å². The van der Waals surface area contributed by atoms with E-state index in [1.165, 1.54) is 4.90 Å². The summed E-state index contributed by atoms with van der Waals surface area (Å²) >= 11 is 0. The number of H-pyrrole nitrogens is 1. The van der Waals surface area contributed by atoms with E-state index >= 15 is 0 Å². The molecule has 352 valence electrons. The summed E-state index contributed by atoms with van der Waals surface area (Å²) in [7, 11) is 1.54. The van der Waals surface area contributed by atoms with Gasteiger partial charge in [0.1, 0.15) is 42.0 Å². The zero-order valence-electron chi connectivity index (χ0n) is 38.7. The summed E-state index contributed by atoms with van der Waals surface area (Å²) in [6.45, 7) is 7.36. The van der Waals surface area contributed by atoms with Gasteiger partial charge in [-0.1, -0.05) is 91.0 Å². The van der Waals surface area contributed by atoms with Crippen LogP contribution in [-0.2, 0) is 59.2 Å². The maximum absolute atomic E-state index is 14.9. The first-order valence-electron chi connectivity index (χ1n) is 22.9. The fourth-order valence-corrected chi connectivity index (χ4v) is 8.90. The fourth-order valence-electron chi connectivity index (χ4n) is 8.90. The van der Waals surface area contributed by atoms with Gasteiger partial charge in [-0.25, -0.2) is 0 Å². The van der Waals surface area contributed by atoms with E-state index < -0.39 is 83.4 Å². The summed E-state index contributed by atoms with van der Waals surface area (Å²) < 4.78 is 11.7. The summed E-state index contributed by atoms with van der Waals surface area (Å²) in [5.74, 6) is -3.14. The van der Waals surface area contributed by atoms with Crippen LogP contribution in [-0.4, -0.2) is 107 Å². The molecule has 2 saturated heterocycles. The van der Waals surface area contributed by atoms with Gasteiger partial charge in [0.05, 0.1) is 18.8 Å². The Kier molecular flexibility index (Phi) is 15.4. The first-order chi connectivity index (χ1) is 32.1. The quantitative estimate of drug-likeness (QED) is 0.114. The third kappa shape index (κ3) is 12.5. The van der Waals surface area contributed by atoms with Crippen LogP contribution in [0.3, 0.4) is 0 Å². The van der Waals surface area contributed by atoms with Gasteiger partial charge >= 0.3 is 0 Å². The zero-order valence-corrected chi connectivity index (χ0v) is 38.7. The highest BCUT2D eigenvalue weighted by Crippen LogP contribution is 2.23. The number of methoxy groups -OCH3 is 1. The second-order valence-corrected chi connectivity index (χ2v) is 18.4. The Morgan fingerprint density at radius 1 is 0.597 bits per heavy atom. The minimum Gasteiger partial charge on any atom is -0.497 e. The lowest BCUT2D eigenvalue weighted by atomic mass is 9.99. The van der Waals surface area contributed by atoms with E-state index in [1.54, 1.807) is 44.5 Å². The molecule has 6 amide bonds. The van der Waals surface area contributed by atoms with Gasteiger partial charge in [-0.15, -0.1) is 0 Å². The van der Waals surface area contributed by atoms with Crippen LogP contribution in [0.5, 0.6) is 5.75 Å². The van der Waals surface area contributed by atoms with Crippen molar-refractivity contribution in [3.05, 3.63) is 138 Å². The number of fused-ring (bicyclic) bond motifs is 2. The molecule has 15 nitrogen and oxygen atoms in total. The highest BCUT2D eigenvalue weighted by molar-refractivity contribution is 5.99. The molecule has 0 bridgehead atoms. The molecule has 4 aromatic carbocycles. The SMILES string of the molecule is COc1ccc(C[C@@H]2NC(=O)[C@@H](Cc3c[nH]c4ccccc34)NC(=O)[C@H](Cc3ccccc3)NC(=O)[C@@H]3CCCN3C(=O)[C@H](Cc3ccccc3)NC(=O)[C@H]([C@@H](C)OC(C)(C)C)NC2=O)cc1. The monoisotopic (exact) mass is 911 g/mol. The Labute approximate surface area is 391 Å². The van der Waals surface area contributed by atoms with Crippen LogP contribution in [0.1, 0.15) is 62.8 Å². The first-order valence-corrected chi connectivity index (χ1v) is 22.9. The maximum atomic E-state index is 14.9. The summed E-state index contributed by atoms with van der Waals surface area (Å²) in [5, 5.41) is 15.5. The Balaban J connectivity index is 1.32. The van der Waals surface area contributed by atoms with Crippen molar-refractivity contribution in [2.24, 2.45) is 0 Å². The van der Waals surface area contributed by atoms with Crippen LogP contribution in [0.4, 0.5) is 0 Å². The van der Waals surface area contributed by atoms with Gasteiger partial charge in [0, 0.05) is 49.3 Å². The van der Waals surface area contributed by atoms with E-state index in [0.29, 0.717) is 24.2 Å². The van der Waals surface area contributed by atoms with Gasteiger partial charge in [-0.3, -0.25) is 28.8 Å². The van der Waals surface area contributed by atoms with Crippen LogP contribution in [0.15, 0.2) is 115 Å². The van der Waals surface area contributed by atoms with Gasteiger partial charge in [-0.05, 0) is 81.0 Å². The number of amides is 6. The Morgan fingerprint density at radius 3 is 1.70 bits per heavy atom. The Bertz CT molecular complexity index is 2520. The number of ether oxygens (including phenoxy) is 2. The summed E-state index contributed by atoms with van der Waals surface area (Å²) in [4.78, 5) is 93.3. The molecule has 5 aromatic rings. The second-order valence-electron chi connectivity index (χ2n) is 18.4. The molecular formula is C52H61N7O8. The number of carbonyl (C=O) groups excluding carboxylic acids is 6. The van der Waals surface area contributed by atoms with Crippen LogP contribution < -0.4 is 31.3 Å². The number of nitrogens with zero attached hydrogens (tertiary/aromatic N) is 1. The number of nitrogens with one attached hydrogen (secondary N) is 6. The van der Waals surface area contributed by atoms with E-state index in [1.807, 2.05) is 106 Å². The fraction of sp³-hybridized carbons (Fsp3) is 0.385. The first kappa shape index (κ1) is 47.9. The van der Waals surface area contributed by atoms with Crippen molar-refractivity contribution in [1.29, 1.82) is 0 Å². The number of para-hydroxylation sites is 1. The lowest BCUT2D eigenvalue weighted by molar-refractivity contribution is -0.144. The molecule has 2 aliphatic rings. The molecule has 2 aliphatic heterocycles. The molecule has 3 heterocycles. The van der Waals surface area contributed by atoms with Gasteiger partial charge in [-0.2, -0.15) is 0 Å². The minimum atomic E-state index is -1.36. The summed E-state index contributed by atoms with van der Waals surface area (Å²) in [6.07, 6.45) is 1.82. The number of carbonyl (C=O) groups is 6. The Morgan fingerprint density at radius 2 is 1.10 bits per heavy atom. The van der Waals surface area contributed by atoms with Gasteiger partial charge in [0.2, 0.25) is 35.4 Å². The molecule has 2 fully saturated rings. The molecule has 6 N–H and O–H groups in total. The topological polar surface area (TPSA) is 200 Å². The average molecular weight is 912 g/mol. The van der Waals surface area contributed by atoms with Crippen molar-refractivity contribution in [3.8, 4) is 5.75 Å². The summed E-state index contributed by atoms with van der Waals surface area (Å²) in [6, 6.07) is 25.8. The highest BCUT2D eigenvalue weighted by Gasteiger charge is 2.42. The molecule has 0 unspecified atom stereocenters. The molecule has 0 aliphatic carbocycles. The molecule has 67 heavy (non-hydrogen) atoms. The van der Waals surface area contributed by atoms with E-state index in [2.05, 4.69) is 31.6 Å². The Hall–Kier alpha value is -7.00. The smallest absolute Gasteiger partial charge is 0.246 e. The predicted molar refractivity (Wildman–Crippen MR) is 254 cm³/mol. The van der Waals surface area contributed by atoms with E-state index in [4.69, 9.17) is 9.47 Å². The van der Waals surface area contributed by atoms with E-state index in [0.717, 1.165) is 27.6 Å². The van der Waals surface area contributed by atoms with E-state index in [9.17, 15) is 28.8 Å². The van der Waals surface area contributed by atoms with Crippen LogP contribution in [0, 0.1) is 0 Å². The third-order valence-electron chi connectivity index (χ3n) is 12.2. The van der Waals surface area contributed by atoms with Gasteiger partial charge < -0.3 is 45.9 Å². The van der Waals surface area contributed by atoms with Crippen molar-refractivity contribution < 1.29 is 38.2 Å². The maximum Gasteiger partial charge on any atom is 0.246 e. The number of aromatic nitrogens is 1. The van der Waals surface area contributed by atoms with E-state index in [-0.39, 0.29) is 32.2 Å². The lowest BCUT2D eigenvalue weighted by Gasteiger charge is -2.34. The molecule has 0 radical (unpaired) electrons. The molecule has 15 heteroatoms. The number of hydrogen-bond acceptors (Lipinski definition) is 8. The van der Waals surface area contributed by atoms with Crippen LogP contribution in [0.25, 0.3) is 10.9 Å². The minimum absolute atomic E-state index is 0.0136. The third-order valence-corrected chi connectivity index (χ3v) is 12.2. The van der Waals surface area contributed by atoms with Crippen LogP contribution in [0.2, 0.25) is 0 Å². The molecule has 7 atom stereocenters. The lowest BCUT2D eigenvalue weighted by Crippen LogP contribution is -2.63. The number of benzene rings is 4. The van der Waals surface area contributed by atoms with Crippen molar-refractivity contribution in [2.45, 2.75) is 114 Å². The molecule has 7 rings (SSSR count). The summed E-state index contributed by atoms with van der Waals surface area (Å²) in [5.41, 5.74) is 2.98.